The third kappa shape index (κ3) is 2.49. The highest BCUT2D eigenvalue weighted by atomic mass is 32.2. The Morgan fingerprint density at radius 2 is 2.15 bits per heavy atom. The minimum atomic E-state index is -0.103. The molecule has 0 saturated heterocycles. The number of benzene rings is 1. The van der Waals surface area contributed by atoms with Crippen LogP contribution in [0.5, 0.6) is 0 Å². The maximum atomic E-state index is 12.3. The van der Waals surface area contributed by atoms with Crippen molar-refractivity contribution >= 4 is 33.3 Å². The fraction of sp³-hybridized carbons (Fsp3) is 0.143. The summed E-state index contributed by atoms with van der Waals surface area (Å²) in [6, 6.07) is 9.87. The van der Waals surface area contributed by atoms with E-state index in [4.69, 9.17) is 4.74 Å². The van der Waals surface area contributed by atoms with E-state index < -0.39 is 0 Å². The Balaban J connectivity index is 2.12. The lowest BCUT2D eigenvalue weighted by Crippen LogP contribution is -2.08. The molecule has 20 heavy (non-hydrogen) atoms. The van der Waals surface area contributed by atoms with Gasteiger partial charge < -0.3 is 9.72 Å². The van der Waals surface area contributed by atoms with Crippen LogP contribution in [0.3, 0.4) is 0 Å². The lowest BCUT2D eigenvalue weighted by molar-refractivity contribution is 0.258. The Bertz CT molecular complexity index is 781. The van der Waals surface area contributed by atoms with Crippen LogP contribution in [-0.4, -0.2) is 23.0 Å². The first-order chi connectivity index (χ1) is 9.79. The van der Waals surface area contributed by atoms with Crippen LogP contribution in [0.1, 0.15) is 0 Å². The smallest absolute Gasteiger partial charge is 0.260 e. The van der Waals surface area contributed by atoms with Crippen molar-refractivity contribution in [2.45, 2.75) is 5.16 Å². The molecule has 0 radical (unpaired) electrons. The van der Waals surface area contributed by atoms with Gasteiger partial charge in [-0.1, -0.05) is 42.1 Å². The van der Waals surface area contributed by atoms with Gasteiger partial charge in [0.2, 0.25) is 0 Å². The van der Waals surface area contributed by atoms with Gasteiger partial charge in [0, 0.05) is 18.1 Å². The van der Waals surface area contributed by atoms with Crippen LogP contribution >= 0.6 is 23.1 Å². The highest BCUT2D eigenvalue weighted by Crippen LogP contribution is 2.31. The number of aromatic nitrogens is 2. The van der Waals surface area contributed by atoms with E-state index in [9.17, 15) is 4.79 Å². The van der Waals surface area contributed by atoms with Gasteiger partial charge in [-0.15, -0.1) is 11.3 Å². The highest BCUT2D eigenvalue weighted by Gasteiger charge is 2.12. The molecule has 2 aromatic heterocycles. The normalized spacial score (nSPS) is 11.1. The molecular weight excluding hydrogens is 292 g/mol. The summed E-state index contributed by atoms with van der Waals surface area (Å²) in [4.78, 5) is 20.3. The number of thioether (sulfide) groups is 1. The molecule has 0 bridgehead atoms. The van der Waals surface area contributed by atoms with Crippen LogP contribution in [-0.2, 0) is 4.74 Å². The fourth-order valence-electron chi connectivity index (χ4n) is 1.94. The number of nitrogens with zero attached hydrogens (tertiary/aromatic N) is 1. The summed E-state index contributed by atoms with van der Waals surface area (Å²) >= 11 is 2.86. The zero-order valence-corrected chi connectivity index (χ0v) is 12.4. The highest BCUT2D eigenvalue weighted by molar-refractivity contribution is 7.99. The van der Waals surface area contributed by atoms with E-state index in [2.05, 4.69) is 9.97 Å². The van der Waals surface area contributed by atoms with Crippen LogP contribution in [0, 0.1) is 0 Å². The minimum absolute atomic E-state index is 0.103. The van der Waals surface area contributed by atoms with E-state index in [-0.39, 0.29) is 5.56 Å². The summed E-state index contributed by atoms with van der Waals surface area (Å²) in [6.45, 7) is 0. The summed E-state index contributed by atoms with van der Waals surface area (Å²) in [6.07, 6.45) is 0. The van der Waals surface area contributed by atoms with E-state index in [0.717, 1.165) is 16.0 Å². The molecule has 2 heterocycles. The molecule has 0 aliphatic heterocycles. The number of methoxy groups -OCH3 is 1. The molecule has 1 N–H and O–H groups in total. The molecule has 0 saturated carbocycles. The summed E-state index contributed by atoms with van der Waals surface area (Å²) in [7, 11) is 1.61. The van der Waals surface area contributed by atoms with Crippen LogP contribution in [0.25, 0.3) is 21.3 Å². The number of aromatic amines is 1. The Kier molecular flexibility index (Phi) is 3.86. The first-order valence-electron chi connectivity index (χ1n) is 5.98. The average Bonchev–Trinajstić information content (AvgIpc) is 2.90. The molecule has 0 amide bonds. The fourth-order valence-corrected chi connectivity index (χ4v) is 3.50. The van der Waals surface area contributed by atoms with Gasteiger partial charge in [-0.3, -0.25) is 4.79 Å². The van der Waals surface area contributed by atoms with Crippen molar-refractivity contribution in [3.05, 3.63) is 46.1 Å². The molecule has 3 rings (SSSR count). The Morgan fingerprint density at radius 3 is 2.90 bits per heavy atom. The first-order valence-corrected chi connectivity index (χ1v) is 7.85. The molecule has 4 nitrogen and oxygen atoms in total. The molecule has 0 atom stereocenters. The number of H-pyrrole nitrogens is 1. The standard InChI is InChI=1S/C14H12N2O2S2/c1-18-8-20-14-15-12(17)11-10(7-19-13(11)16-14)9-5-3-2-4-6-9/h2-7H,8H2,1H3,(H,15,16,17). The van der Waals surface area contributed by atoms with Gasteiger partial charge >= 0.3 is 0 Å². The van der Waals surface area contributed by atoms with E-state index >= 15 is 0 Å². The summed E-state index contributed by atoms with van der Waals surface area (Å²) in [5.41, 5.74) is 1.86. The van der Waals surface area contributed by atoms with Gasteiger partial charge in [-0.05, 0) is 5.56 Å². The second-order valence-corrected chi connectivity index (χ2v) is 5.89. The zero-order valence-electron chi connectivity index (χ0n) is 10.8. The van der Waals surface area contributed by atoms with Crippen molar-refractivity contribution in [3.8, 4) is 11.1 Å². The van der Waals surface area contributed by atoms with Crippen molar-refractivity contribution in [1.29, 1.82) is 0 Å². The van der Waals surface area contributed by atoms with Crippen LogP contribution in [0.15, 0.2) is 45.7 Å². The molecule has 0 aliphatic rings. The van der Waals surface area contributed by atoms with E-state index in [0.29, 0.717) is 16.5 Å². The van der Waals surface area contributed by atoms with Crippen molar-refractivity contribution < 1.29 is 4.74 Å². The SMILES string of the molecule is COCSc1nc2scc(-c3ccccc3)c2c(=O)[nH]1. The number of hydrogen-bond donors (Lipinski definition) is 1. The molecule has 1 aromatic carbocycles. The van der Waals surface area contributed by atoms with Crippen LogP contribution < -0.4 is 5.56 Å². The molecule has 6 heteroatoms. The lowest BCUT2D eigenvalue weighted by Gasteiger charge is -2.01. The van der Waals surface area contributed by atoms with Gasteiger partial charge in [0.1, 0.15) is 4.83 Å². The summed E-state index contributed by atoms with van der Waals surface area (Å²) < 4.78 is 4.98. The van der Waals surface area contributed by atoms with E-state index in [1.54, 1.807) is 7.11 Å². The van der Waals surface area contributed by atoms with Gasteiger partial charge in [-0.2, -0.15) is 0 Å². The second-order valence-electron chi connectivity index (χ2n) is 4.12. The van der Waals surface area contributed by atoms with Gasteiger partial charge in [0.25, 0.3) is 5.56 Å². The predicted octanol–water partition coefficient (Wildman–Crippen LogP) is 3.35. The van der Waals surface area contributed by atoms with Crippen molar-refractivity contribution in [2.24, 2.45) is 0 Å². The molecule has 0 fully saturated rings. The van der Waals surface area contributed by atoms with Gasteiger partial charge in [0.15, 0.2) is 5.16 Å². The zero-order chi connectivity index (χ0) is 13.9. The third-order valence-electron chi connectivity index (χ3n) is 2.82. The monoisotopic (exact) mass is 304 g/mol. The number of fused-ring (bicyclic) bond motifs is 1. The number of nitrogens with one attached hydrogen (secondary N) is 1. The van der Waals surface area contributed by atoms with E-state index in [1.165, 1.54) is 23.1 Å². The van der Waals surface area contributed by atoms with Crippen LogP contribution in [0.2, 0.25) is 0 Å². The molecule has 0 spiro atoms. The molecule has 102 valence electrons. The summed E-state index contributed by atoms with van der Waals surface area (Å²) in [5, 5.41) is 3.22. The number of rotatable bonds is 4. The third-order valence-corrected chi connectivity index (χ3v) is 4.51. The Labute approximate surface area is 123 Å². The topological polar surface area (TPSA) is 55.0 Å². The lowest BCUT2D eigenvalue weighted by atomic mass is 10.1. The van der Waals surface area contributed by atoms with E-state index in [1.807, 2.05) is 35.7 Å². The van der Waals surface area contributed by atoms with Gasteiger partial charge in [-0.25, -0.2) is 4.98 Å². The average molecular weight is 304 g/mol. The first kappa shape index (κ1) is 13.4. The Hall–Kier alpha value is -1.63. The molecule has 0 unspecified atom stereocenters. The second kappa shape index (κ2) is 5.78. The maximum Gasteiger partial charge on any atom is 0.260 e. The van der Waals surface area contributed by atoms with Crippen molar-refractivity contribution in [1.82, 2.24) is 9.97 Å². The quantitative estimate of drug-likeness (QED) is 0.456. The Morgan fingerprint density at radius 1 is 1.35 bits per heavy atom. The molecular formula is C14H12N2O2S2. The van der Waals surface area contributed by atoms with Crippen molar-refractivity contribution in [3.63, 3.8) is 0 Å². The predicted molar refractivity (Wildman–Crippen MR) is 83.4 cm³/mol. The molecule has 0 aliphatic carbocycles. The molecule has 3 aromatic rings. The summed E-state index contributed by atoms with van der Waals surface area (Å²) in [5.74, 6) is 0.464. The largest absolute Gasteiger partial charge is 0.374 e. The minimum Gasteiger partial charge on any atom is -0.374 e. The number of hydrogen-bond acceptors (Lipinski definition) is 5. The number of ether oxygens (including phenoxy) is 1. The van der Waals surface area contributed by atoms with Crippen LogP contribution in [0.4, 0.5) is 0 Å². The number of thiophene rings is 1. The van der Waals surface area contributed by atoms with Crippen molar-refractivity contribution in [2.75, 3.05) is 13.0 Å². The van der Waals surface area contributed by atoms with Gasteiger partial charge in [0.05, 0.1) is 11.3 Å². The maximum absolute atomic E-state index is 12.3.